The number of nitrogens with one attached hydrogen (secondary N) is 1. The average Bonchev–Trinajstić information content (AvgIpc) is 3.11. The van der Waals surface area contributed by atoms with E-state index >= 15 is 0 Å². The number of rotatable bonds is 3. The highest BCUT2D eigenvalue weighted by Crippen LogP contribution is 2.30. The van der Waals surface area contributed by atoms with E-state index in [1.807, 2.05) is 23.6 Å². The van der Waals surface area contributed by atoms with Gasteiger partial charge in [-0.05, 0) is 31.9 Å². The normalized spacial score (nSPS) is 15.1. The highest BCUT2D eigenvalue weighted by molar-refractivity contribution is 5.94. The van der Waals surface area contributed by atoms with E-state index in [9.17, 15) is 4.79 Å². The summed E-state index contributed by atoms with van der Waals surface area (Å²) in [5, 5.41) is 2.89. The van der Waals surface area contributed by atoms with Gasteiger partial charge in [-0.1, -0.05) is 0 Å². The van der Waals surface area contributed by atoms with Crippen molar-refractivity contribution in [3.8, 4) is 0 Å². The Labute approximate surface area is 98.9 Å². The van der Waals surface area contributed by atoms with Crippen molar-refractivity contribution in [3.63, 3.8) is 0 Å². The van der Waals surface area contributed by atoms with Crippen LogP contribution in [0.5, 0.6) is 0 Å². The van der Waals surface area contributed by atoms with E-state index in [2.05, 4.69) is 15.3 Å². The predicted octanol–water partition coefficient (Wildman–Crippen LogP) is 1.80. The van der Waals surface area contributed by atoms with Crippen LogP contribution >= 0.6 is 0 Å². The number of hydrogen-bond acceptors (Lipinski definition) is 3. The molecule has 0 bridgehead atoms. The number of fused-ring (bicyclic) bond motifs is 1. The minimum absolute atomic E-state index is 0.0787. The molecule has 1 aliphatic carbocycles. The van der Waals surface area contributed by atoms with Crippen molar-refractivity contribution >= 4 is 23.0 Å². The number of aromatic nitrogens is 3. The maximum Gasteiger partial charge on any atom is 0.229 e. The number of nitrogens with zero attached hydrogens (tertiary/aromatic N) is 3. The third kappa shape index (κ3) is 1.77. The molecule has 0 saturated heterocycles. The quantitative estimate of drug-likeness (QED) is 0.874. The lowest BCUT2D eigenvalue weighted by Gasteiger charge is -2.05. The highest BCUT2D eigenvalue weighted by Gasteiger charge is 2.30. The fourth-order valence-electron chi connectivity index (χ4n) is 1.91. The van der Waals surface area contributed by atoms with Crippen LogP contribution in [0, 0.1) is 5.92 Å². The first-order valence-electron chi connectivity index (χ1n) is 5.91. The first-order valence-corrected chi connectivity index (χ1v) is 5.91. The molecule has 2 aromatic rings. The van der Waals surface area contributed by atoms with Gasteiger partial charge in [-0.3, -0.25) is 14.7 Å². The van der Waals surface area contributed by atoms with Crippen LogP contribution in [0.4, 0.5) is 5.95 Å². The lowest BCUT2D eigenvalue weighted by Crippen LogP contribution is -2.17. The lowest BCUT2D eigenvalue weighted by atomic mass is 10.4. The zero-order chi connectivity index (χ0) is 11.8. The third-order valence-corrected chi connectivity index (χ3v) is 3.00. The van der Waals surface area contributed by atoms with Gasteiger partial charge in [-0.25, -0.2) is 9.97 Å². The van der Waals surface area contributed by atoms with Gasteiger partial charge in [0.1, 0.15) is 5.52 Å². The maximum absolute atomic E-state index is 11.7. The summed E-state index contributed by atoms with van der Waals surface area (Å²) >= 11 is 0. The zero-order valence-electron chi connectivity index (χ0n) is 9.68. The SMILES string of the molecule is CCn1c(NC(=O)C2CC2)nc2cccnc21. The van der Waals surface area contributed by atoms with E-state index in [0.717, 1.165) is 30.6 Å². The second kappa shape index (κ2) is 3.84. The topological polar surface area (TPSA) is 59.8 Å². The molecule has 0 aliphatic heterocycles. The minimum Gasteiger partial charge on any atom is -0.296 e. The molecule has 0 unspecified atom stereocenters. The maximum atomic E-state index is 11.7. The van der Waals surface area contributed by atoms with Gasteiger partial charge in [-0.2, -0.15) is 0 Å². The Morgan fingerprint density at radius 1 is 1.59 bits per heavy atom. The Kier molecular flexibility index (Phi) is 2.31. The Bertz CT molecular complexity index is 571. The molecule has 1 N–H and O–H groups in total. The van der Waals surface area contributed by atoms with E-state index < -0.39 is 0 Å². The van der Waals surface area contributed by atoms with Crippen molar-refractivity contribution in [2.45, 2.75) is 26.3 Å². The molecule has 3 rings (SSSR count). The lowest BCUT2D eigenvalue weighted by molar-refractivity contribution is -0.117. The Morgan fingerprint density at radius 3 is 3.12 bits per heavy atom. The monoisotopic (exact) mass is 230 g/mol. The molecule has 88 valence electrons. The molecule has 1 aliphatic rings. The molecule has 17 heavy (non-hydrogen) atoms. The van der Waals surface area contributed by atoms with Crippen molar-refractivity contribution in [2.24, 2.45) is 5.92 Å². The number of carbonyl (C=O) groups excluding carboxylic acids is 1. The van der Waals surface area contributed by atoms with Crippen molar-refractivity contribution < 1.29 is 4.79 Å². The van der Waals surface area contributed by atoms with E-state index in [1.165, 1.54) is 0 Å². The first kappa shape index (κ1) is 10.3. The molecule has 1 amide bonds. The molecule has 5 heteroatoms. The molecule has 0 aromatic carbocycles. The summed E-state index contributed by atoms with van der Waals surface area (Å²) in [6.45, 7) is 2.76. The van der Waals surface area contributed by atoms with E-state index in [-0.39, 0.29) is 11.8 Å². The van der Waals surface area contributed by atoms with Crippen molar-refractivity contribution in [2.75, 3.05) is 5.32 Å². The molecular formula is C12H14N4O. The van der Waals surface area contributed by atoms with Crippen LogP contribution in [0.25, 0.3) is 11.2 Å². The van der Waals surface area contributed by atoms with Crippen molar-refractivity contribution in [1.82, 2.24) is 14.5 Å². The summed E-state index contributed by atoms with van der Waals surface area (Å²) in [5.74, 6) is 0.876. The summed E-state index contributed by atoms with van der Waals surface area (Å²) in [6, 6.07) is 3.75. The van der Waals surface area contributed by atoms with Crippen LogP contribution in [-0.4, -0.2) is 20.4 Å². The van der Waals surface area contributed by atoms with Gasteiger partial charge in [0.05, 0.1) is 0 Å². The van der Waals surface area contributed by atoms with Gasteiger partial charge in [0, 0.05) is 18.7 Å². The van der Waals surface area contributed by atoms with Crippen LogP contribution in [0.1, 0.15) is 19.8 Å². The molecule has 5 nitrogen and oxygen atoms in total. The van der Waals surface area contributed by atoms with Crippen LogP contribution in [-0.2, 0) is 11.3 Å². The fourth-order valence-corrected chi connectivity index (χ4v) is 1.91. The summed E-state index contributed by atoms with van der Waals surface area (Å²) in [4.78, 5) is 20.4. The molecular weight excluding hydrogens is 216 g/mol. The third-order valence-electron chi connectivity index (χ3n) is 3.00. The van der Waals surface area contributed by atoms with Crippen LogP contribution < -0.4 is 5.32 Å². The fraction of sp³-hybridized carbons (Fsp3) is 0.417. The van der Waals surface area contributed by atoms with Gasteiger partial charge in [0.15, 0.2) is 5.65 Å². The van der Waals surface area contributed by atoms with Crippen LogP contribution in [0.15, 0.2) is 18.3 Å². The van der Waals surface area contributed by atoms with E-state index in [4.69, 9.17) is 0 Å². The molecule has 2 aromatic heterocycles. The van der Waals surface area contributed by atoms with Gasteiger partial charge in [-0.15, -0.1) is 0 Å². The number of amides is 1. The van der Waals surface area contributed by atoms with Gasteiger partial charge >= 0.3 is 0 Å². The van der Waals surface area contributed by atoms with Crippen LogP contribution in [0.2, 0.25) is 0 Å². The number of hydrogen-bond donors (Lipinski definition) is 1. The van der Waals surface area contributed by atoms with Crippen LogP contribution in [0.3, 0.4) is 0 Å². The Morgan fingerprint density at radius 2 is 2.41 bits per heavy atom. The van der Waals surface area contributed by atoms with Gasteiger partial charge in [0.2, 0.25) is 11.9 Å². The number of carbonyl (C=O) groups is 1. The second-order valence-electron chi connectivity index (χ2n) is 4.29. The smallest absolute Gasteiger partial charge is 0.229 e. The van der Waals surface area contributed by atoms with Crippen molar-refractivity contribution in [3.05, 3.63) is 18.3 Å². The number of anilines is 1. The van der Waals surface area contributed by atoms with Gasteiger partial charge < -0.3 is 0 Å². The molecule has 0 atom stereocenters. The zero-order valence-corrected chi connectivity index (χ0v) is 9.68. The van der Waals surface area contributed by atoms with Crippen molar-refractivity contribution in [1.29, 1.82) is 0 Å². The second-order valence-corrected chi connectivity index (χ2v) is 4.29. The molecule has 2 heterocycles. The summed E-state index contributed by atoms with van der Waals surface area (Å²) in [6.07, 6.45) is 3.73. The van der Waals surface area contributed by atoms with E-state index in [1.54, 1.807) is 6.20 Å². The average molecular weight is 230 g/mol. The first-order chi connectivity index (χ1) is 8.29. The summed E-state index contributed by atoms with van der Waals surface area (Å²) < 4.78 is 1.93. The molecule has 0 spiro atoms. The molecule has 1 fully saturated rings. The number of imidazole rings is 1. The predicted molar refractivity (Wildman–Crippen MR) is 64.6 cm³/mol. The summed E-state index contributed by atoms with van der Waals surface area (Å²) in [7, 11) is 0. The number of aryl methyl sites for hydroxylation is 1. The standard InChI is InChI=1S/C12H14N4O/c1-2-16-10-9(4-3-7-13-10)14-12(16)15-11(17)8-5-6-8/h3-4,7-8H,2,5-6H2,1H3,(H,14,15,17). The molecule has 0 radical (unpaired) electrons. The molecule has 1 saturated carbocycles. The Hall–Kier alpha value is -1.91. The summed E-state index contributed by atoms with van der Waals surface area (Å²) in [5.41, 5.74) is 1.64. The minimum atomic E-state index is 0.0787. The van der Waals surface area contributed by atoms with E-state index in [0.29, 0.717) is 5.95 Å². The largest absolute Gasteiger partial charge is 0.296 e. The number of pyridine rings is 1. The van der Waals surface area contributed by atoms with Gasteiger partial charge in [0.25, 0.3) is 0 Å². The Balaban J connectivity index is 1.99. The highest BCUT2D eigenvalue weighted by atomic mass is 16.2.